The maximum atomic E-state index is 10.7. The van der Waals surface area contributed by atoms with Crippen LogP contribution in [0.4, 0.5) is 0 Å². The Morgan fingerprint density at radius 3 is 2.42 bits per heavy atom. The van der Waals surface area contributed by atoms with Gasteiger partial charge in [0.15, 0.2) is 6.23 Å². The fraction of sp³-hybridized carbons (Fsp3) is 0.318. The van der Waals surface area contributed by atoms with Gasteiger partial charge in [-0.2, -0.15) is 5.26 Å². The second-order valence-electron chi connectivity index (χ2n) is 7.35. The molecule has 1 fully saturated rings. The summed E-state index contributed by atoms with van der Waals surface area (Å²) in [6.45, 7) is -0.547. The zero-order valence-corrected chi connectivity index (χ0v) is 18.0. The first-order valence-electron chi connectivity index (χ1n) is 9.71. The molecule has 31 heavy (non-hydrogen) atoms. The average Bonchev–Trinajstić information content (AvgIpc) is 3.33. The SMILES string of the molecule is N#CC1=C(S)N(C2OC(CO)C(O)C(O)C2O)C(c2ccccc2)=CC1c1cccs1. The number of nitrogens with zero attached hydrogens (tertiary/aromatic N) is 2. The Kier molecular flexibility index (Phi) is 6.50. The van der Waals surface area contributed by atoms with Crippen molar-refractivity contribution in [1.82, 2.24) is 4.90 Å². The number of thiophene rings is 1. The number of benzene rings is 1. The number of hydrogen-bond donors (Lipinski definition) is 5. The molecule has 0 bridgehead atoms. The zero-order valence-electron chi connectivity index (χ0n) is 16.3. The second kappa shape index (κ2) is 9.14. The Labute approximate surface area is 189 Å². The molecular formula is C22H22N2O5S2. The first-order valence-corrected chi connectivity index (χ1v) is 11.0. The summed E-state index contributed by atoms with van der Waals surface area (Å²) in [5.74, 6) is -0.339. The van der Waals surface area contributed by atoms with Gasteiger partial charge in [-0.25, -0.2) is 0 Å². The van der Waals surface area contributed by atoms with Crippen LogP contribution in [0, 0.1) is 11.3 Å². The van der Waals surface area contributed by atoms with Crippen molar-refractivity contribution in [2.45, 2.75) is 36.6 Å². The smallest absolute Gasteiger partial charge is 0.164 e. The summed E-state index contributed by atoms with van der Waals surface area (Å²) in [7, 11) is 0. The number of ether oxygens (including phenoxy) is 1. The highest BCUT2D eigenvalue weighted by Crippen LogP contribution is 2.44. The van der Waals surface area contributed by atoms with Gasteiger partial charge in [0.2, 0.25) is 0 Å². The highest BCUT2D eigenvalue weighted by molar-refractivity contribution is 7.84. The largest absolute Gasteiger partial charge is 0.394 e. The molecule has 9 heteroatoms. The Morgan fingerprint density at radius 2 is 1.81 bits per heavy atom. The summed E-state index contributed by atoms with van der Waals surface area (Å²) in [6.07, 6.45) is -4.89. The fourth-order valence-corrected chi connectivity index (χ4v) is 5.13. The Hall–Kier alpha value is -2.16. The quantitative estimate of drug-likeness (QED) is 0.442. The molecule has 3 heterocycles. The standard InChI is InChI=1S/C22H22N2O5S2/c23-10-14-13(17-7-4-8-31-17)9-15(12-5-2-1-3-6-12)24(22(14)30)21-20(28)19(27)18(26)16(11-25)29-21/h1-9,13,16,18-21,25-28,30H,11H2. The second-order valence-corrected chi connectivity index (χ2v) is 8.75. The van der Waals surface area contributed by atoms with Gasteiger partial charge in [-0.3, -0.25) is 0 Å². The van der Waals surface area contributed by atoms with Gasteiger partial charge >= 0.3 is 0 Å². The molecule has 0 radical (unpaired) electrons. The molecule has 4 rings (SSSR count). The van der Waals surface area contributed by atoms with E-state index in [4.69, 9.17) is 4.74 Å². The van der Waals surface area contributed by atoms with Crippen molar-refractivity contribution in [3.8, 4) is 6.07 Å². The lowest BCUT2D eigenvalue weighted by Gasteiger charge is -2.47. The molecule has 0 saturated carbocycles. The van der Waals surface area contributed by atoms with Gasteiger partial charge in [-0.05, 0) is 23.1 Å². The summed E-state index contributed by atoms with van der Waals surface area (Å²) in [5.41, 5.74) is 1.79. The summed E-state index contributed by atoms with van der Waals surface area (Å²) in [4.78, 5) is 2.51. The van der Waals surface area contributed by atoms with Crippen molar-refractivity contribution >= 4 is 29.7 Å². The zero-order chi connectivity index (χ0) is 22.1. The third kappa shape index (κ3) is 3.92. The Balaban J connectivity index is 1.86. The van der Waals surface area contributed by atoms with Crippen LogP contribution in [0.5, 0.6) is 0 Å². The molecule has 4 N–H and O–H groups in total. The van der Waals surface area contributed by atoms with E-state index in [-0.39, 0.29) is 10.9 Å². The van der Waals surface area contributed by atoms with Crippen LogP contribution in [-0.2, 0) is 4.74 Å². The molecule has 1 aromatic carbocycles. The Bertz CT molecular complexity index is 1020. The van der Waals surface area contributed by atoms with Crippen molar-refractivity contribution in [3.63, 3.8) is 0 Å². The minimum atomic E-state index is -1.55. The molecule has 0 aliphatic carbocycles. The number of allylic oxidation sites excluding steroid dienone is 2. The fourth-order valence-electron chi connectivity index (χ4n) is 3.91. The first-order chi connectivity index (χ1) is 15.0. The van der Waals surface area contributed by atoms with Crippen molar-refractivity contribution in [2.75, 3.05) is 6.61 Å². The third-order valence-electron chi connectivity index (χ3n) is 5.53. The van der Waals surface area contributed by atoms with Crippen LogP contribution in [0.15, 0.2) is 64.5 Å². The molecule has 6 atom stereocenters. The number of aliphatic hydroxyl groups excluding tert-OH is 4. The van der Waals surface area contributed by atoms with E-state index in [9.17, 15) is 25.7 Å². The van der Waals surface area contributed by atoms with Crippen molar-refractivity contribution in [1.29, 1.82) is 5.26 Å². The number of thiol groups is 1. The van der Waals surface area contributed by atoms with Gasteiger partial charge in [0, 0.05) is 10.6 Å². The number of nitriles is 1. The highest BCUT2D eigenvalue weighted by atomic mass is 32.1. The summed E-state index contributed by atoms with van der Waals surface area (Å²) in [6, 6.07) is 15.4. The molecule has 2 aliphatic heterocycles. The van der Waals surface area contributed by atoms with Gasteiger partial charge in [0.1, 0.15) is 24.4 Å². The molecular weight excluding hydrogens is 436 g/mol. The third-order valence-corrected chi connectivity index (χ3v) is 6.94. The normalized spacial score (nSPS) is 31.4. The van der Waals surface area contributed by atoms with Crippen molar-refractivity contribution < 1.29 is 25.2 Å². The van der Waals surface area contributed by atoms with Gasteiger partial charge in [-0.15, -0.1) is 24.0 Å². The lowest BCUT2D eigenvalue weighted by molar-refractivity contribution is -0.252. The van der Waals surface area contributed by atoms with E-state index in [0.29, 0.717) is 11.3 Å². The van der Waals surface area contributed by atoms with Gasteiger partial charge in [0.25, 0.3) is 0 Å². The van der Waals surface area contributed by atoms with Crippen LogP contribution in [0.2, 0.25) is 0 Å². The average molecular weight is 459 g/mol. The molecule has 7 nitrogen and oxygen atoms in total. The predicted octanol–water partition coefficient (Wildman–Crippen LogP) is 1.65. The topological polar surface area (TPSA) is 117 Å². The van der Waals surface area contributed by atoms with Gasteiger partial charge in [0.05, 0.1) is 29.2 Å². The van der Waals surface area contributed by atoms with Crippen LogP contribution in [0.25, 0.3) is 5.70 Å². The highest BCUT2D eigenvalue weighted by Gasteiger charge is 2.48. The molecule has 6 unspecified atom stereocenters. The van der Waals surface area contributed by atoms with E-state index >= 15 is 0 Å². The van der Waals surface area contributed by atoms with Crippen molar-refractivity contribution in [3.05, 3.63) is 75.0 Å². The maximum Gasteiger partial charge on any atom is 0.164 e. The van der Waals surface area contributed by atoms with E-state index in [1.807, 2.05) is 53.9 Å². The van der Waals surface area contributed by atoms with Crippen LogP contribution in [-0.4, -0.2) is 62.6 Å². The molecule has 2 aliphatic rings. The van der Waals surface area contributed by atoms with E-state index in [1.54, 1.807) is 4.90 Å². The monoisotopic (exact) mass is 458 g/mol. The number of rotatable bonds is 4. The lowest BCUT2D eigenvalue weighted by atomic mass is 9.90. The molecule has 0 amide bonds. The minimum Gasteiger partial charge on any atom is -0.394 e. The molecule has 1 aromatic heterocycles. The molecule has 0 spiro atoms. The Morgan fingerprint density at radius 1 is 1.06 bits per heavy atom. The number of hydrogen-bond acceptors (Lipinski definition) is 9. The van der Waals surface area contributed by atoms with Crippen LogP contribution in [0.1, 0.15) is 16.4 Å². The summed E-state index contributed by atoms with van der Waals surface area (Å²) >= 11 is 6.16. The van der Waals surface area contributed by atoms with Gasteiger partial charge in [-0.1, -0.05) is 36.4 Å². The molecule has 2 aromatic rings. The molecule has 1 saturated heterocycles. The first kappa shape index (κ1) is 22.0. The van der Waals surface area contributed by atoms with E-state index in [2.05, 4.69) is 18.7 Å². The van der Waals surface area contributed by atoms with Crippen molar-refractivity contribution in [2.24, 2.45) is 0 Å². The summed E-state index contributed by atoms with van der Waals surface area (Å²) < 4.78 is 5.80. The van der Waals surface area contributed by atoms with E-state index in [1.165, 1.54) is 11.3 Å². The van der Waals surface area contributed by atoms with Crippen LogP contribution < -0.4 is 0 Å². The van der Waals surface area contributed by atoms with Crippen LogP contribution >= 0.6 is 24.0 Å². The molecule has 162 valence electrons. The number of aliphatic hydroxyl groups is 4. The lowest BCUT2D eigenvalue weighted by Crippen LogP contribution is -2.62. The van der Waals surface area contributed by atoms with Crippen LogP contribution in [0.3, 0.4) is 0 Å². The summed E-state index contributed by atoms with van der Waals surface area (Å²) in [5, 5.41) is 53.0. The van der Waals surface area contributed by atoms with E-state index in [0.717, 1.165) is 10.4 Å². The predicted molar refractivity (Wildman–Crippen MR) is 119 cm³/mol. The minimum absolute atomic E-state index is 0.270. The maximum absolute atomic E-state index is 10.7. The van der Waals surface area contributed by atoms with Gasteiger partial charge < -0.3 is 30.1 Å². The van der Waals surface area contributed by atoms with E-state index < -0.39 is 37.3 Å².